The minimum atomic E-state index is -0.336. The van der Waals surface area contributed by atoms with E-state index < -0.39 is 0 Å². The van der Waals surface area contributed by atoms with E-state index in [0.717, 1.165) is 45.1 Å². The molecule has 0 aliphatic carbocycles. The third-order valence-corrected chi connectivity index (χ3v) is 6.54. The third kappa shape index (κ3) is 4.37. The van der Waals surface area contributed by atoms with Gasteiger partial charge in [0.2, 0.25) is 0 Å². The summed E-state index contributed by atoms with van der Waals surface area (Å²) in [5.41, 5.74) is 5.55. The molecule has 0 saturated heterocycles. The lowest BCUT2D eigenvalue weighted by atomic mass is 10.2. The molecule has 10 nitrogen and oxygen atoms in total. The van der Waals surface area contributed by atoms with Gasteiger partial charge in [-0.25, -0.2) is 9.50 Å². The number of aromatic nitrogens is 7. The first kappa shape index (κ1) is 23.7. The second kappa shape index (κ2) is 9.57. The minimum absolute atomic E-state index is 0.250. The molecule has 0 aliphatic heterocycles. The van der Waals surface area contributed by atoms with Gasteiger partial charge in [0, 0.05) is 25.0 Å². The highest BCUT2D eigenvalue weighted by molar-refractivity contribution is 9.10. The van der Waals surface area contributed by atoms with E-state index in [1.54, 1.807) is 23.9 Å². The Bertz CT molecular complexity index is 1580. The second-order valence-electron chi connectivity index (χ2n) is 8.32. The van der Waals surface area contributed by atoms with Crippen LogP contribution in [0.25, 0.3) is 17.0 Å². The lowest BCUT2D eigenvalue weighted by molar-refractivity contribution is 0.102. The first-order chi connectivity index (χ1) is 17.4. The van der Waals surface area contributed by atoms with Crippen molar-refractivity contribution in [2.45, 2.75) is 33.9 Å². The van der Waals surface area contributed by atoms with Crippen LogP contribution in [0.2, 0.25) is 0 Å². The lowest BCUT2D eigenvalue weighted by Gasteiger charge is -2.08. The van der Waals surface area contributed by atoms with Gasteiger partial charge in [0.15, 0.2) is 11.3 Å². The molecule has 0 fully saturated rings. The highest BCUT2D eigenvalue weighted by atomic mass is 79.9. The van der Waals surface area contributed by atoms with Crippen molar-refractivity contribution in [3.05, 3.63) is 75.9 Å². The maximum atomic E-state index is 13.2. The Hall–Kier alpha value is -3.99. The fourth-order valence-electron chi connectivity index (χ4n) is 4.07. The number of fused-ring (bicyclic) bond motifs is 1. The zero-order chi connectivity index (χ0) is 25.4. The van der Waals surface area contributed by atoms with Crippen molar-refractivity contribution < 1.29 is 9.53 Å². The molecule has 5 aromatic rings. The summed E-state index contributed by atoms with van der Waals surface area (Å²) < 4.78 is 11.5. The third-order valence-electron chi connectivity index (χ3n) is 5.96. The number of methoxy groups -OCH3 is 1. The Morgan fingerprint density at radius 2 is 1.97 bits per heavy atom. The van der Waals surface area contributed by atoms with Crippen LogP contribution in [0.5, 0.6) is 5.75 Å². The Labute approximate surface area is 216 Å². The number of nitrogens with zero attached hydrogens (tertiary/aromatic N) is 7. The van der Waals surface area contributed by atoms with Gasteiger partial charge in [0.25, 0.3) is 5.91 Å². The molecule has 0 saturated carbocycles. The molecule has 5 rings (SSSR count). The van der Waals surface area contributed by atoms with Crippen LogP contribution in [0.15, 0.2) is 53.3 Å². The normalized spacial score (nSPS) is 11.2. The van der Waals surface area contributed by atoms with E-state index in [1.165, 1.54) is 0 Å². The van der Waals surface area contributed by atoms with Crippen molar-refractivity contribution in [1.82, 2.24) is 34.2 Å². The number of ether oxygens (including phenoxy) is 1. The highest BCUT2D eigenvalue weighted by Crippen LogP contribution is 2.27. The second-order valence-corrected chi connectivity index (χ2v) is 9.17. The molecule has 0 unspecified atom stereocenters. The summed E-state index contributed by atoms with van der Waals surface area (Å²) in [5.74, 6) is 0.451. The van der Waals surface area contributed by atoms with Gasteiger partial charge in [-0.05, 0) is 60.5 Å². The van der Waals surface area contributed by atoms with E-state index in [-0.39, 0.29) is 11.6 Å². The summed E-state index contributed by atoms with van der Waals surface area (Å²) in [6, 6.07) is 11.3. The van der Waals surface area contributed by atoms with Crippen molar-refractivity contribution in [2.75, 3.05) is 12.4 Å². The number of anilines is 1. The number of benzene rings is 1. The summed E-state index contributed by atoms with van der Waals surface area (Å²) >= 11 is 3.57. The molecule has 4 heterocycles. The average Bonchev–Trinajstić information content (AvgIpc) is 3.56. The van der Waals surface area contributed by atoms with Crippen LogP contribution in [-0.4, -0.2) is 47.2 Å². The maximum absolute atomic E-state index is 13.2. The van der Waals surface area contributed by atoms with Crippen molar-refractivity contribution in [1.29, 1.82) is 0 Å². The Morgan fingerprint density at radius 1 is 1.14 bits per heavy atom. The van der Waals surface area contributed by atoms with E-state index in [2.05, 4.69) is 41.5 Å². The number of carbonyl (C=O) groups is 1. The smallest absolute Gasteiger partial charge is 0.276 e. The number of carbonyl (C=O) groups excluding carboxylic acids is 1. The topological polar surface area (TPSA) is 104 Å². The first-order valence-electron chi connectivity index (χ1n) is 11.4. The van der Waals surface area contributed by atoms with E-state index in [4.69, 9.17) is 4.74 Å². The molecule has 184 valence electrons. The molecule has 0 aliphatic rings. The standard InChI is InChI=1S/C25H25BrN8O2/c1-5-32-14-19(26)24(31-32)21-9-10-27-22-12-20(30-34(21)22)25(35)28-23-15(2)29-33(16(23)3)13-17-7-6-8-18(11-17)36-4/h6-12,14H,5,13H2,1-4H3,(H,28,35). The zero-order valence-corrected chi connectivity index (χ0v) is 21.9. The van der Waals surface area contributed by atoms with Crippen LogP contribution >= 0.6 is 15.9 Å². The van der Waals surface area contributed by atoms with Crippen molar-refractivity contribution in [3.63, 3.8) is 0 Å². The van der Waals surface area contributed by atoms with Crippen LogP contribution in [0.1, 0.15) is 34.4 Å². The summed E-state index contributed by atoms with van der Waals surface area (Å²) in [6.07, 6.45) is 3.59. The molecule has 1 aromatic carbocycles. The quantitative estimate of drug-likeness (QED) is 0.321. The predicted molar refractivity (Wildman–Crippen MR) is 139 cm³/mol. The summed E-state index contributed by atoms with van der Waals surface area (Å²) in [7, 11) is 1.64. The van der Waals surface area contributed by atoms with Gasteiger partial charge in [-0.3, -0.25) is 14.2 Å². The molecule has 0 bridgehead atoms. The molecule has 0 spiro atoms. The molecule has 4 aromatic heterocycles. The fraction of sp³-hybridized carbons (Fsp3) is 0.240. The van der Waals surface area contributed by atoms with Gasteiger partial charge in [0.05, 0.1) is 40.9 Å². The van der Waals surface area contributed by atoms with E-state index in [9.17, 15) is 4.79 Å². The fourth-order valence-corrected chi connectivity index (χ4v) is 4.59. The summed E-state index contributed by atoms with van der Waals surface area (Å²) in [5, 5.41) is 16.8. The van der Waals surface area contributed by atoms with Crippen molar-refractivity contribution in [2.24, 2.45) is 0 Å². The van der Waals surface area contributed by atoms with Crippen molar-refractivity contribution in [3.8, 4) is 17.1 Å². The van der Waals surface area contributed by atoms with Gasteiger partial charge in [-0.2, -0.15) is 15.3 Å². The number of amides is 1. The molecular weight excluding hydrogens is 524 g/mol. The number of rotatable bonds is 7. The van der Waals surface area contributed by atoms with Crippen LogP contribution in [-0.2, 0) is 13.1 Å². The minimum Gasteiger partial charge on any atom is -0.497 e. The molecule has 1 N–H and O–H groups in total. The molecule has 1 amide bonds. The summed E-state index contributed by atoms with van der Waals surface area (Å²) in [6.45, 7) is 7.12. The first-order valence-corrected chi connectivity index (χ1v) is 12.2. The van der Waals surface area contributed by atoms with Crippen LogP contribution in [0.3, 0.4) is 0 Å². The van der Waals surface area contributed by atoms with Gasteiger partial charge >= 0.3 is 0 Å². The Morgan fingerprint density at radius 3 is 2.72 bits per heavy atom. The van der Waals surface area contributed by atoms with Crippen LogP contribution in [0.4, 0.5) is 5.69 Å². The van der Waals surface area contributed by atoms with Gasteiger partial charge in [-0.15, -0.1) is 0 Å². The van der Waals surface area contributed by atoms with Crippen LogP contribution in [0, 0.1) is 13.8 Å². The number of halogens is 1. The molecule has 0 radical (unpaired) electrons. The number of aryl methyl sites for hydroxylation is 2. The predicted octanol–water partition coefficient (Wildman–Crippen LogP) is 4.50. The molecule has 36 heavy (non-hydrogen) atoms. The van der Waals surface area contributed by atoms with E-state index >= 15 is 0 Å². The largest absolute Gasteiger partial charge is 0.497 e. The van der Waals surface area contributed by atoms with E-state index in [0.29, 0.717) is 17.9 Å². The van der Waals surface area contributed by atoms with Crippen molar-refractivity contribution >= 4 is 33.2 Å². The number of nitrogens with one attached hydrogen (secondary N) is 1. The van der Waals surface area contributed by atoms with Crippen LogP contribution < -0.4 is 10.1 Å². The molecule has 11 heteroatoms. The summed E-state index contributed by atoms with van der Waals surface area (Å²) in [4.78, 5) is 17.6. The van der Waals surface area contributed by atoms with Gasteiger partial charge < -0.3 is 10.1 Å². The van der Waals surface area contributed by atoms with Gasteiger partial charge in [0.1, 0.15) is 11.4 Å². The Balaban J connectivity index is 1.42. The lowest BCUT2D eigenvalue weighted by Crippen LogP contribution is -2.14. The number of hydrogen-bond acceptors (Lipinski definition) is 6. The maximum Gasteiger partial charge on any atom is 0.276 e. The Kier molecular flexibility index (Phi) is 6.31. The molecular formula is C25H25BrN8O2. The molecule has 0 atom stereocenters. The average molecular weight is 549 g/mol. The van der Waals surface area contributed by atoms with Gasteiger partial charge in [-0.1, -0.05) is 12.1 Å². The van der Waals surface area contributed by atoms with E-state index in [1.807, 2.05) is 66.7 Å². The SMILES string of the molecule is CCn1cc(Br)c(-c2ccnc3cc(C(=O)Nc4c(C)nn(Cc5cccc(OC)c5)c4C)nn23)n1. The number of hydrogen-bond donors (Lipinski definition) is 1. The zero-order valence-electron chi connectivity index (χ0n) is 20.4. The monoisotopic (exact) mass is 548 g/mol. The highest BCUT2D eigenvalue weighted by Gasteiger charge is 2.20.